The van der Waals surface area contributed by atoms with Crippen molar-refractivity contribution in [3.05, 3.63) is 37.8 Å². The molecule has 0 radical (unpaired) electrons. The number of anilines is 1. The lowest BCUT2D eigenvalue weighted by atomic mass is 10.5. The fourth-order valence-electron chi connectivity index (χ4n) is 1.16. The highest BCUT2D eigenvalue weighted by Crippen LogP contribution is 2.16. The van der Waals surface area contributed by atoms with Crippen LogP contribution in [0.5, 0.6) is 0 Å². The molecule has 0 aliphatic rings. The largest absolute Gasteiger partial charge is 0.364 e. The van der Waals surface area contributed by atoms with E-state index in [0.29, 0.717) is 12.4 Å². The summed E-state index contributed by atoms with van der Waals surface area (Å²) in [6, 6.07) is 0. The summed E-state index contributed by atoms with van der Waals surface area (Å²) in [5.41, 5.74) is -0.348. The predicted molar refractivity (Wildman–Crippen MR) is 64.0 cm³/mol. The van der Waals surface area contributed by atoms with Gasteiger partial charge in [-0.2, -0.15) is 0 Å². The van der Waals surface area contributed by atoms with Gasteiger partial charge in [0, 0.05) is 11.1 Å². The molecule has 0 saturated carbocycles. The van der Waals surface area contributed by atoms with Gasteiger partial charge in [-0.3, -0.25) is 4.79 Å². The Balaban J connectivity index is 2.10. The highest BCUT2D eigenvalue weighted by molar-refractivity contribution is 7.11. The fourth-order valence-corrected chi connectivity index (χ4v) is 2.07. The zero-order valence-electron chi connectivity index (χ0n) is 8.45. The Morgan fingerprint density at radius 3 is 3.06 bits per heavy atom. The molecule has 7 heteroatoms. The van der Waals surface area contributed by atoms with Crippen LogP contribution in [0.3, 0.4) is 0 Å². The molecule has 0 aliphatic heterocycles. The van der Waals surface area contributed by atoms with E-state index in [0.717, 1.165) is 9.88 Å². The van der Waals surface area contributed by atoms with Crippen molar-refractivity contribution in [1.82, 2.24) is 15.0 Å². The van der Waals surface area contributed by atoms with Gasteiger partial charge < -0.3 is 10.3 Å². The molecule has 0 unspecified atom stereocenters. The maximum Gasteiger partial charge on any atom is 0.271 e. The van der Waals surface area contributed by atoms with Crippen molar-refractivity contribution >= 4 is 28.8 Å². The van der Waals surface area contributed by atoms with Gasteiger partial charge in [-0.1, -0.05) is 11.6 Å². The molecule has 16 heavy (non-hydrogen) atoms. The summed E-state index contributed by atoms with van der Waals surface area (Å²) in [5, 5.41) is 4.07. The molecule has 0 amide bonds. The molecule has 2 rings (SSSR count). The summed E-state index contributed by atoms with van der Waals surface area (Å²) in [6.07, 6.45) is 3.10. The zero-order valence-corrected chi connectivity index (χ0v) is 10.0. The van der Waals surface area contributed by atoms with Crippen LogP contribution in [-0.2, 0) is 6.54 Å². The lowest BCUT2D eigenvalue weighted by Crippen LogP contribution is -2.11. The minimum Gasteiger partial charge on any atom is -0.364 e. The number of hydrogen-bond acceptors (Lipinski definition) is 5. The number of H-pyrrole nitrogens is 1. The second-order valence-corrected chi connectivity index (χ2v) is 4.79. The first kappa shape index (κ1) is 11.1. The van der Waals surface area contributed by atoms with Gasteiger partial charge >= 0.3 is 0 Å². The van der Waals surface area contributed by atoms with E-state index >= 15 is 0 Å². The number of thiazole rings is 1. The SMILES string of the molecule is Cc1ncc(CNc2nc[nH]c(=O)c2Cl)s1. The number of halogens is 1. The maximum absolute atomic E-state index is 11.2. The molecule has 0 fully saturated rings. The zero-order chi connectivity index (χ0) is 11.5. The van der Waals surface area contributed by atoms with E-state index in [-0.39, 0.29) is 10.6 Å². The summed E-state index contributed by atoms with van der Waals surface area (Å²) in [6.45, 7) is 2.49. The Bertz CT molecular complexity index is 550. The third-order valence-corrected chi connectivity index (χ3v) is 3.16. The van der Waals surface area contributed by atoms with E-state index in [4.69, 9.17) is 11.6 Å². The fraction of sp³-hybridized carbons (Fsp3) is 0.222. The van der Waals surface area contributed by atoms with Crippen LogP contribution in [-0.4, -0.2) is 15.0 Å². The monoisotopic (exact) mass is 256 g/mol. The molecule has 0 aromatic carbocycles. The third kappa shape index (κ3) is 2.40. The average molecular weight is 257 g/mol. The van der Waals surface area contributed by atoms with Crippen LogP contribution in [0.2, 0.25) is 5.02 Å². The van der Waals surface area contributed by atoms with Crippen LogP contribution in [0, 0.1) is 6.92 Å². The highest BCUT2D eigenvalue weighted by atomic mass is 35.5. The van der Waals surface area contributed by atoms with Gasteiger partial charge in [0.1, 0.15) is 5.02 Å². The number of aromatic amines is 1. The van der Waals surface area contributed by atoms with Gasteiger partial charge in [0.15, 0.2) is 5.82 Å². The molecule has 0 atom stereocenters. The van der Waals surface area contributed by atoms with Gasteiger partial charge in [0.2, 0.25) is 0 Å². The van der Waals surface area contributed by atoms with Crippen molar-refractivity contribution in [1.29, 1.82) is 0 Å². The number of aryl methyl sites for hydroxylation is 1. The van der Waals surface area contributed by atoms with E-state index in [1.165, 1.54) is 6.33 Å². The van der Waals surface area contributed by atoms with E-state index < -0.39 is 0 Å². The van der Waals surface area contributed by atoms with Crippen LogP contribution in [0.1, 0.15) is 9.88 Å². The topological polar surface area (TPSA) is 70.7 Å². The van der Waals surface area contributed by atoms with Gasteiger partial charge in [-0.05, 0) is 6.92 Å². The molecule has 84 valence electrons. The normalized spacial score (nSPS) is 10.4. The van der Waals surface area contributed by atoms with Crippen molar-refractivity contribution in [3.8, 4) is 0 Å². The molecule has 0 aliphatic carbocycles. The average Bonchev–Trinajstić information content (AvgIpc) is 2.67. The first-order valence-corrected chi connectivity index (χ1v) is 5.74. The summed E-state index contributed by atoms with van der Waals surface area (Å²) in [4.78, 5) is 22.7. The first-order valence-electron chi connectivity index (χ1n) is 4.55. The number of hydrogen-bond donors (Lipinski definition) is 2. The number of nitrogens with zero attached hydrogens (tertiary/aromatic N) is 2. The Kier molecular flexibility index (Phi) is 3.21. The molecule has 2 N–H and O–H groups in total. The molecule has 2 aromatic heterocycles. The number of aromatic nitrogens is 3. The van der Waals surface area contributed by atoms with E-state index in [2.05, 4.69) is 20.3 Å². The highest BCUT2D eigenvalue weighted by Gasteiger charge is 2.05. The molecule has 5 nitrogen and oxygen atoms in total. The van der Waals surface area contributed by atoms with Gasteiger partial charge in [0.05, 0.1) is 17.9 Å². The van der Waals surface area contributed by atoms with Gasteiger partial charge in [-0.15, -0.1) is 11.3 Å². The number of rotatable bonds is 3. The lowest BCUT2D eigenvalue weighted by molar-refractivity contribution is 1.07. The molecule has 2 heterocycles. The minimum atomic E-state index is -0.348. The van der Waals surface area contributed by atoms with E-state index in [1.54, 1.807) is 17.5 Å². The summed E-state index contributed by atoms with van der Waals surface area (Å²) >= 11 is 7.37. The standard InChI is InChI=1S/C9H9ClN4OS/c1-5-11-2-6(16-5)3-12-8-7(10)9(15)14-4-13-8/h2,4H,3H2,1H3,(H2,12,13,14,15). The van der Waals surface area contributed by atoms with Crippen molar-refractivity contribution in [2.45, 2.75) is 13.5 Å². The molecule has 0 saturated heterocycles. The van der Waals surface area contributed by atoms with Crippen molar-refractivity contribution in [3.63, 3.8) is 0 Å². The van der Waals surface area contributed by atoms with E-state index in [1.807, 2.05) is 6.92 Å². The Labute approximate surface area is 101 Å². The Morgan fingerprint density at radius 1 is 1.56 bits per heavy atom. The van der Waals surface area contributed by atoms with Crippen molar-refractivity contribution < 1.29 is 0 Å². The maximum atomic E-state index is 11.2. The smallest absolute Gasteiger partial charge is 0.271 e. The van der Waals surface area contributed by atoms with Crippen LogP contribution in [0.4, 0.5) is 5.82 Å². The first-order chi connectivity index (χ1) is 7.66. The number of nitrogens with one attached hydrogen (secondary N) is 2. The van der Waals surface area contributed by atoms with E-state index in [9.17, 15) is 4.79 Å². The summed E-state index contributed by atoms with van der Waals surface area (Å²) < 4.78 is 0. The van der Waals surface area contributed by atoms with Crippen molar-refractivity contribution in [2.75, 3.05) is 5.32 Å². The van der Waals surface area contributed by atoms with Gasteiger partial charge in [-0.25, -0.2) is 9.97 Å². The van der Waals surface area contributed by atoms with Crippen molar-refractivity contribution in [2.24, 2.45) is 0 Å². The molecule has 2 aromatic rings. The van der Waals surface area contributed by atoms with Crippen LogP contribution in [0.25, 0.3) is 0 Å². The quantitative estimate of drug-likeness (QED) is 0.879. The van der Waals surface area contributed by atoms with Crippen LogP contribution >= 0.6 is 22.9 Å². The minimum absolute atomic E-state index is 0.0729. The summed E-state index contributed by atoms with van der Waals surface area (Å²) in [5.74, 6) is 0.386. The molecular weight excluding hydrogens is 248 g/mol. The third-order valence-electron chi connectivity index (χ3n) is 1.90. The molecule has 0 spiro atoms. The summed E-state index contributed by atoms with van der Waals surface area (Å²) in [7, 11) is 0. The molecular formula is C9H9ClN4OS. The second-order valence-electron chi connectivity index (χ2n) is 3.09. The van der Waals surface area contributed by atoms with Gasteiger partial charge in [0.25, 0.3) is 5.56 Å². The lowest BCUT2D eigenvalue weighted by Gasteiger charge is -2.03. The van der Waals surface area contributed by atoms with Crippen LogP contribution in [0.15, 0.2) is 17.3 Å². The molecule has 0 bridgehead atoms. The van der Waals surface area contributed by atoms with Crippen LogP contribution < -0.4 is 10.9 Å². The Hall–Kier alpha value is -1.40. The Morgan fingerprint density at radius 2 is 2.38 bits per heavy atom. The second kappa shape index (κ2) is 4.63. The predicted octanol–water partition coefficient (Wildman–Crippen LogP) is 1.80.